The van der Waals surface area contributed by atoms with E-state index in [2.05, 4.69) is 27.1 Å². The molecule has 22 heavy (non-hydrogen) atoms. The van der Waals surface area contributed by atoms with Gasteiger partial charge in [0, 0.05) is 32.1 Å². The first-order valence-corrected chi connectivity index (χ1v) is 8.34. The van der Waals surface area contributed by atoms with Gasteiger partial charge in [0.05, 0.1) is 23.9 Å². The Kier molecular flexibility index (Phi) is 8.63. The van der Waals surface area contributed by atoms with E-state index in [1.807, 2.05) is 21.0 Å². The van der Waals surface area contributed by atoms with Crippen LogP contribution in [-0.2, 0) is 11.3 Å². The third-order valence-electron chi connectivity index (χ3n) is 3.60. The number of hydrogen-bond acceptors (Lipinski definition) is 4. The van der Waals surface area contributed by atoms with Gasteiger partial charge in [0.25, 0.3) is 0 Å². The molecular formula is C15H27IN4OS. The smallest absolute Gasteiger partial charge is 0.193 e. The van der Waals surface area contributed by atoms with Crippen molar-refractivity contribution < 1.29 is 4.74 Å². The fourth-order valence-electron chi connectivity index (χ4n) is 2.12. The van der Waals surface area contributed by atoms with Crippen LogP contribution in [0.1, 0.15) is 28.4 Å². The molecular weight excluding hydrogens is 411 g/mol. The van der Waals surface area contributed by atoms with E-state index in [0.29, 0.717) is 0 Å². The molecule has 1 aliphatic carbocycles. The summed E-state index contributed by atoms with van der Waals surface area (Å²) in [5.74, 6) is 1.72. The summed E-state index contributed by atoms with van der Waals surface area (Å²) < 4.78 is 5.68. The number of guanidine groups is 1. The van der Waals surface area contributed by atoms with E-state index < -0.39 is 0 Å². The fourth-order valence-corrected chi connectivity index (χ4v) is 3.00. The second kappa shape index (κ2) is 9.67. The highest BCUT2D eigenvalue weighted by molar-refractivity contribution is 14.0. The van der Waals surface area contributed by atoms with Crippen LogP contribution in [-0.4, -0.2) is 49.7 Å². The molecule has 1 aromatic rings. The highest BCUT2D eigenvalue weighted by atomic mass is 127. The van der Waals surface area contributed by atoms with Crippen molar-refractivity contribution in [3.05, 3.63) is 15.6 Å². The van der Waals surface area contributed by atoms with Crippen molar-refractivity contribution >= 4 is 41.3 Å². The van der Waals surface area contributed by atoms with Crippen molar-refractivity contribution in [3.8, 4) is 0 Å². The number of nitrogens with one attached hydrogen (secondary N) is 1. The molecule has 1 fully saturated rings. The molecule has 5 nitrogen and oxygen atoms in total. The van der Waals surface area contributed by atoms with Crippen LogP contribution >= 0.6 is 35.3 Å². The van der Waals surface area contributed by atoms with Gasteiger partial charge in [-0.1, -0.05) is 0 Å². The molecule has 1 aliphatic rings. The summed E-state index contributed by atoms with van der Waals surface area (Å²) in [5, 5.41) is 4.50. The van der Waals surface area contributed by atoms with Gasteiger partial charge in [0.1, 0.15) is 0 Å². The number of halogens is 1. The van der Waals surface area contributed by atoms with Crippen LogP contribution in [0.4, 0.5) is 0 Å². The summed E-state index contributed by atoms with van der Waals surface area (Å²) in [6.07, 6.45) is 2.68. The van der Waals surface area contributed by atoms with Crippen molar-refractivity contribution in [2.45, 2.75) is 33.2 Å². The molecule has 0 unspecified atom stereocenters. The first-order valence-electron chi connectivity index (χ1n) is 7.52. The Bertz CT molecular complexity index is 488. The van der Waals surface area contributed by atoms with E-state index in [0.717, 1.165) is 48.9 Å². The summed E-state index contributed by atoms with van der Waals surface area (Å²) in [6, 6.07) is 0. The van der Waals surface area contributed by atoms with Gasteiger partial charge in [-0.15, -0.1) is 35.3 Å². The number of rotatable bonds is 7. The van der Waals surface area contributed by atoms with Crippen LogP contribution in [0.3, 0.4) is 0 Å². The number of hydrogen-bond donors (Lipinski definition) is 1. The Hall–Kier alpha value is -0.410. The van der Waals surface area contributed by atoms with Crippen LogP contribution in [0.2, 0.25) is 0 Å². The molecule has 0 aromatic carbocycles. The second-order valence-electron chi connectivity index (χ2n) is 5.58. The zero-order valence-electron chi connectivity index (χ0n) is 13.9. The number of aromatic nitrogens is 1. The Balaban J connectivity index is 0.00000242. The number of aliphatic imine (C=N–C) groups is 1. The predicted molar refractivity (Wildman–Crippen MR) is 103 cm³/mol. The monoisotopic (exact) mass is 438 g/mol. The van der Waals surface area contributed by atoms with E-state index in [-0.39, 0.29) is 24.0 Å². The minimum absolute atomic E-state index is 0. The van der Waals surface area contributed by atoms with E-state index in [1.165, 1.54) is 17.7 Å². The molecule has 1 N–H and O–H groups in total. The van der Waals surface area contributed by atoms with Crippen molar-refractivity contribution in [2.75, 3.05) is 33.9 Å². The molecule has 7 heteroatoms. The zero-order chi connectivity index (χ0) is 15.2. The number of thiazole rings is 1. The Morgan fingerprint density at radius 1 is 1.45 bits per heavy atom. The van der Waals surface area contributed by atoms with E-state index in [9.17, 15) is 0 Å². The van der Waals surface area contributed by atoms with Crippen molar-refractivity contribution in [3.63, 3.8) is 0 Å². The van der Waals surface area contributed by atoms with Crippen molar-refractivity contribution in [1.82, 2.24) is 15.2 Å². The molecule has 126 valence electrons. The van der Waals surface area contributed by atoms with Crippen molar-refractivity contribution in [2.24, 2.45) is 10.9 Å². The van der Waals surface area contributed by atoms with E-state index in [1.54, 1.807) is 11.3 Å². The largest absolute Gasteiger partial charge is 0.379 e. The average molecular weight is 438 g/mol. The standard InChI is InChI=1S/C15H26N4OS.HI/c1-11-14(21-12(2)18-11)9-17-15(16-3)19(4)7-8-20-10-13-5-6-13;/h13H,5-10H2,1-4H3,(H,16,17);1H. The zero-order valence-corrected chi connectivity index (χ0v) is 17.0. The highest BCUT2D eigenvalue weighted by Crippen LogP contribution is 2.28. The summed E-state index contributed by atoms with van der Waals surface area (Å²) in [7, 11) is 3.86. The molecule has 0 radical (unpaired) electrons. The maximum atomic E-state index is 5.68. The topological polar surface area (TPSA) is 49.8 Å². The SMILES string of the molecule is CN=C(NCc1sc(C)nc1C)N(C)CCOCC1CC1.I. The number of ether oxygens (including phenoxy) is 1. The Morgan fingerprint density at radius 2 is 2.18 bits per heavy atom. The molecule has 0 saturated heterocycles. The van der Waals surface area contributed by atoms with E-state index in [4.69, 9.17) is 4.74 Å². The third-order valence-corrected chi connectivity index (χ3v) is 4.67. The van der Waals surface area contributed by atoms with Crippen LogP contribution in [0.25, 0.3) is 0 Å². The lowest BCUT2D eigenvalue weighted by atomic mass is 10.4. The number of likely N-dealkylation sites (N-methyl/N-ethyl adjacent to an activating group) is 1. The number of nitrogens with zero attached hydrogens (tertiary/aromatic N) is 3. The number of aryl methyl sites for hydroxylation is 2. The van der Waals surface area contributed by atoms with Gasteiger partial charge in [-0.25, -0.2) is 4.98 Å². The highest BCUT2D eigenvalue weighted by Gasteiger charge is 2.21. The Morgan fingerprint density at radius 3 is 2.73 bits per heavy atom. The molecule has 0 bridgehead atoms. The first kappa shape index (κ1) is 19.6. The summed E-state index contributed by atoms with van der Waals surface area (Å²) >= 11 is 1.74. The first-order chi connectivity index (χ1) is 10.1. The van der Waals surface area contributed by atoms with Gasteiger partial charge >= 0.3 is 0 Å². The third kappa shape index (κ3) is 6.37. The van der Waals surface area contributed by atoms with Crippen LogP contribution in [0.15, 0.2) is 4.99 Å². The summed E-state index contributed by atoms with van der Waals surface area (Å²) in [4.78, 5) is 12.2. The van der Waals surface area contributed by atoms with Gasteiger partial charge in [0.2, 0.25) is 0 Å². The maximum absolute atomic E-state index is 5.68. The molecule has 0 aliphatic heterocycles. The van der Waals surface area contributed by atoms with Gasteiger partial charge < -0.3 is 15.0 Å². The molecule has 1 saturated carbocycles. The van der Waals surface area contributed by atoms with Crippen LogP contribution in [0, 0.1) is 19.8 Å². The summed E-state index contributed by atoms with van der Waals surface area (Å²) in [5.41, 5.74) is 1.11. The minimum atomic E-state index is 0. The van der Waals surface area contributed by atoms with E-state index >= 15 is 0 Å². The van der Waals surface area contributed by atoms with Crippen molar-refractivity contribution in [1.29, 1.82) is 0 Å². The molecule has 0 atom stereocenters. The predicted octanol–water partition coefficient (Wildman–Crippen LogP) is 2.81. The van der Waals surface area contributed by atoms with Gasteiger partial charge in [-0.2, -0.15) is 0 Å². The fraction of sp³-hybridized carbons (Fsp3) is 0.733. The molecule has 1 heterocycles. The normalized spacial score (nSPS) is 14.6. The lowest BCUT2D eigenvalue weighted by Gasteiger charge is -2.21. The Labute approximate surface area is 154 Å². The second-order valence-corrected chi connectivity index (χ2v) is 6.87. The lowest BCUT2D eigenvalue weighted by Crippen LogP contribution is -2.40. The molecule has 0 amide bonds. The molecule has 0 spiro atoms. The minimum Gasteiger partial charge on any atom is -0.379 e. The van der Waals surface area contributed by atoms with Crippen LogP contribution < -0.4 is 5.32 Å². The molecule has 1 aromatic heterocycles. The van der Waals surface area contributed by atoms with Gasteiger partial charge in [-0.05, 0) is 32.6 Å². The van der Waals surface area contributed by atoms with Gasteiger partial charge in [-0.3, -0.25) is 4.99 Å². The van der Waals surface area contributed by atoms with Gasteiger partial charge in [0.15, 0.2) is 5.96 Å². The summed E-state index contributed by atoms with van der Waals surface area (Å²) in [6.45, 7) is 7.40. The lowest BCUT2D eigenvalue weighted by molar-refractivity contribution is 0.115. The maximum Gasteiger partial charge on any atom is 0.193 e. The molecule has 2 rings (SSSR count). The average Bonchev–Trinajstić information content (AvgIpc) is 3.21. The van der Waals surface area contributed by atoms with Crippen LogP contribution in [0.5, 0.6) is 0 Å². The quantitative estimate of drug-likeness (QED) is 0.308.